The molecule has 1 heterocycles. The summed E-state index contributed by atoms with van der Waals surface area (Å²) >= 11 is 3.24. The van der Waals surface area contributed by atoms with Crippen molar-refractivity contribution in [3.05, 3.63) is 28.7 Å². The molecule has 6 heteroatoms. The minimum absolute atomic E-state index is 0.0609. The lowest BCUT2D eigenvalue weighted by Gasteiger charge is -2.07. The molecule has 16 heavy (non-hydrogen) atoms. The molecule has 1 aromatic carbocycles. The molecular formula is C10H11BrO4S. The van der Waals surface area contributed by atoms with Gasteiger partial charge in [-0.3, -0.25) is 4.18 Å². The molecule has 1 fully saturated rings. The van der Waals surface area contributed by atoms with Gasteiger partial charge in [-0.15, -0.1) is 0 Å². The van der Waals surface area contributed by atoms with E-state index in [9.17, 15) is 8.42 Å². The van der Waals surface area contributed by atoms with Crippen LogP contribution in [0.1, 0.15) is 6.92 Å². The highest BCUT2D eigenvalue weighted by Gasteiger charge is 2.41. The van der Waals surface area contributed by atoms with Gasteiger partial charge in [-0.1, -0.05) is 15.9 Å². The van der Waals surface area contributed by atoms with Gasteiger partial charge >= 0.3 is 0 Å². The quantitative estimate of drug-likeness (QED) is 0.630. The molecule has 0 N–H and O–H groups in total. The average Bonchev–Trinajstić information content (AvgIpc) is 2.96. The molecule has 0 amide bonds. The fraction of sp³-hybridized carbons (Fsp3) is 0.400. The SMILES string of the molecule is C[C@]1(COS(=O)(=O)c2ccc(Br)cc2)CO1. The molecule has 0 spiro atoms. The number of ether oxygens (including phenoxy) is 1. The Labute approximate surface area is 103 Å². The van der Waals surface area contributed by atoms with Gasteiger partial charge < -0.3 is 4.74 Å². The highest BCUT2D eigenvalue weighted by atomic mass is 79.9. The second kappa shape index (κ2) is 4.10. The maximum atomic E-state index is 11.7. The zero-order valence-corrected chi connectivity index (χ0v) is 11.0. The van der Waals surface area contributed by atoms with Crippen LogP contribution < -0.4 is 0 Å². The molecule has 1 saturated heterocycles. The summed E-state index contributed by atoms with van der Waals surface area (Å²) in [5.74, 6) is 0. The van der Waals surface area contributed by atoms with Crippen LogP contribution >= 0.6 is 15.9 Å². The van der Waals surface area contributed by atoms with Gasteiger partial charge in [-0.25, -0.2) is 0 Å². The summed E-state index contributed by atoms with van der Waals surface area (Å²) in [6, 6.07) is 6.31. The number of epoxide rings is 1. The number of benzene rings is 1. The van der Waals surface area contributed by atoms with Crippen LogP contribution in [0.15, 0.2) is 33.6 Å². The van der Waals surface area contributed by atoms with Crippen molar-refractivity contribution in [2.75, 3.05) is 13.2 Å². The van der Waals surface area contributed by atoms with Gasteiger partial charge in [0.25, 0.3) is 10.1 Å². The average molecular weight is 307 g/mol. The number of rotatable bonds is 4. The summed E-state index contributed by atoms with van der Waals surface area (Å²) in [5.41, 5.74) is -0.428. The van der Waals surface area contributed by atoms with Gasteiger partial charge in [-0.2, -0.15) is 8.42 Å². The van der Waals surface area contributed by atoms with Crippen molar-refractivity contribution in [3.63, 3.8) is 0 Å². The van der Waals surface area contributed by atoms with Gasteiger partial charge in [0.15, 0.2) is 0 Å². The predicted octanol–water partition coefficient (Wildman–Crippen LogP) is 1.94. The van der Waals surface area contributed by atoms with Crippen molar-refractivity contribution in [1.29, 1.82) is 0 Å². The number of halogens is 1. The Hall–Kier alpha value is -0.430. The van der Waals surface area contributed by atoms with Crippen LogP contribution in [0.2, 0.25) is 0 Å². The minimum atomic E-state index is -3.67. The molecular weight excluding hydrogens is 296 g/mol. The van der Waals surface area contributed by atoms with Crippen molar-refractivity contribution in [3.8, 4) is 0 Å². The fourth-order valence-corrected chi connectivity index (χ4v) is 2.35. The smallest absolute Gasteiger partial charge is 0.297 e. The summed E-state index contributed by atoms with van der Waals surface area (Å²) in [5, 5.41) is 0. The van der Waals surface area contributed by atoms with Gasteiger partial charge in [0, 0.05) is 4.47 Å². The molecule has 88 valence electrons. The molecule has 1 aromatic rings. The molecule has 0 saturated carbocycles. The zero-order chi connectivity index (χ0) is 11.8. The maximum Gasteiger partial charge on any atom is 0.297 e. The van der Waals surface area contributed by atoms with E-state index in [-0.39, 0.29) is 11.5 Å². The van der Waals surface area contributed by atoms with Crippen LogP contribution in [-0.4, -0.2) is 27.2 Å². The molecule has 0 radical (unpaired) electrons. The monoisotopic (exact) mass is 306 g/mol. The van der Waals surface area contributed by atoms with E-state index in [4.69, 9.17) is 8.92 Å². The molecule has 4 nitrogen and oxygen atoms in total. The van der Waals surface area contributed by atoms with Crippen LogP contribution in [0.25, 0.3) is 0 Å². The molecule has 2 rings (SSSR count). The van der Waals surface area contributed by atoms with E-state index < -0.39 is 15.7 Å². The van der Waals surface area contributed by atoms with Gasteiger partial charge in [0.2, 0.25) is 0 Å². The van der Waals surface area contributed by atoms with E-state index in [1.165, 1.54) is 12.1 Å². The van der Waals surface area contributed by atoms with E-state index in [1.54, 1.807) is 12.1 Å². The van der Waals surface area contributed by atoms with Gasteiger partial charge in [0.1, 0.15) is 5.60 Å². The molecule has 0 aromatic heterocycles. The lowest BCUT2D eigenvalue weighted by molar-refractivity contribution is 0.207. The van der Waals surface area contributed by atoms with Crippen molar-refractivity contribution in [1.82, 2.24) is 0 Å². The second-order valence-electron chi connectivity index (χ2n) is 3.91. The Bertz CT molecular complexity index is 476. The molecule has 1 atom stereocenters. The Balaban J connectivity index is 2.09. The van der Waals surface area contributed by atoms with Crippen molar-refractivity contribution in [2.45, 2.75) is 17.4 Å². The third kappa shape index (κ3) is 2.82. The predicted molar refractivity (Wildman–Crippen MR) is 61.6 cm³/mol. The first-order valence-corrected chi connectivity index (χ1v) is 6.90. The molecule has 1 aliphatic rings. The Morgan fingerprint density at radius 1 is 1.44 bits per heavy atom. The molecule has 0 bridgehead atoms. The Morgan fingerprint density at radius 2 is 2.00 bits per heavy atom. The highest BCUT2D eigenvalue weighted by Crippen LogP contribution is 2.27. The number of hydrogen-bond donors (Lipinski definition) is 0. The molecule has 0 unspecified atom stereocenters. The topological polar surface area (TPSA) is 55.9 Å². The van der Waals surface area contributed by atoms with E-state index in [1.807, 2.05) is 6.92 Å². The third-order valence-corrected chi connectivity index (χ3v) is 4.07. The van der Waals surface area contributed by atoms with Gasteiger partial charge in [0.05, 0.1) is 18.1 Å². The van der Waals surface area contributed by atoms with Crippen LogP contribution in [-0.2, 0) is 19.0 Å². The normalized spacial score (nSPS) is 24.4. The maximum absolute atomic E-state index is 11.7. The first kappa shape index (κ1) is 12.0. The van der Waals surface area contributed by atoms with E-state index >= 15 is 0 Å². The van der Waals surface area contributed by atoms with Gasteiger partial charge in [-0.05, 0) is 31.2 Å². The summed E-state index contributed by atoms with van der Waals surface area (Å²) in [4.78, 5) is 0.153. The lowest BCUT2D eigenvalue weighted by atomic mass is 10.2. The standard InChI is InChI=1S/C10H11BrO4S/c1-10(6-14-10)7-15-16(12,13)9-4-2-8(11)3-5-9/h2-5H,6-7H2,1H3/t10-/m1/s1. The lowest BCUT2D eigenvalue weighted by Crippen LogP contribution is -2.18. The second-order valence-corrected chi connectivity index (χ2v) is 6.44. The Kier molecular flexibility index (Phi) is 3.09. The molecule has 0 aliphatic carbocycles. The zero-order valence-electron chi connectivity index (χ0n) is 8.64. The van der Waals surface area contributed by atoms with Crippen LogP contribution in [0, 0.1) is 0 Å². The van der Waals surface area contributed by atoms with E-state index in [0.717, 1.165) is 4.47 Å². The molecule has 1 aliphatic heterocycles. The largest absolute Gasteiger partial charge is 0.367 e. The number of hydrogen-bond acceptors (Lipinski definition) is 4. The fourth-order valence-electron chi connectivity index (χ4n) is 1.08. The van der Waals surface area contributed by atoms with Crippen molar-refractivity contribution >= 4 is 26.0 Å². The van der Waals surface area contributed by atoms with E-state index in [0.29, 0.717) is 6.61 Å². The van der Waals surface area contributed by atoms with E-state index in [2.05, 4.69) is 15.9 Å². The third-order valence-electron chi connectivity index (χ3n) is 2.26. The van der Waals surface area contributed by atoms with Crippen LogP contribution in [0.5, 0.6) is 0 Å². The summed E-state index contributed by atoms with van der Waals surface area (Å²) in [6.07, 6.45) is 0. The summed E-state index contributed by atoms with van der Waals surface area (Å²) < 4.78 is 34.2. The van der Waals surface area contributed by atoms with Crippen LogP contribution in [0.4, 0.5) is 0 Å². The van der Waals surface area contributed by atoms with Crippen molar-refractivity contribution in [2.24, 2.45) is 0 Å². The minimum Gasteiger partial charge on any atom is -0.367 e. The first-order valence-electron chi connectivity index (χ1n) is 4.70. The summed E-state index contributed by atoms with van der Waals surface area (Å²) in [7, 11) is -3.67. The highest BCUT2D eigenvalue weighted by molar-refractivity contribution is 9.10. The van der Waals surface area contributed by atoms with Crippen molar-refractivity contribution < 1.29 is 17.3 Å². The summed E-state index contributed by atoms with van der Waals surface area (Å²) in [6.45, 7) is 2.42. The first-order chi connectivity index (χ1) is 7.41. The van der Waals surface area contributed by atoms with Crippen LogP contribution in [0.3, 0.4) is 0 Å². The Morgan fingerprint density at radius 3 is 2.50 bits per heavy atom.